The Morgan fingerprint density at radius 3 is 2.74 bits per heavy atom. The number of aryl methyl sites for hydroxylation is 2. The fourth-order valence-electron chi connectivity index (χ4n) is 2.03. The molecular weight excluding hydrogens is 238 g/mol. The summed E-state index contributed by atoms with van der Waals surface area (Å²) in [5.74, 6) is 0.923. The lowest BCUT2D eigenvalue weighted by Gasteiger charge is -2.12. The number of rotatable bonds is 5. The van der Waals surface area contributed by atoms with Crippen molar-refractivity contribution in [2.75, 3.05) is 6.61 Å². The van der Waals surface area contributed by atoms with Crippen LogP contribution in [-0.2, 0) is 13.5 Å². The molecule has 0 saturated heterocycles. The number of hydrogen-bond acceptors (Lipinski definition) is 3. The van der Waals surface area contributed by atoms with Gasteiger partial charge in [-0.1, -0.05) is 12.1 Å². The molecule has 102 valence electrons. The van der Waals surface area contributed by atoms with Gasteiger partial charge in [-0.05, 0) is 37.1 Å². The second-order valence-corrected chi connectivity index (χ2v) is 4.86. The van der Waals surface area contributed by atoms with Crippen molar-refractivity contribution in [1.29, 1.82) is 0 Å². The maximum atomic E-state index is 5.86. The molecule has 19 heavy (non-hydrogen) atoms. The van der Waals surface area contributed by atoms with Gasteiger partial charge >= 0.3 is 0 Å². The first-order valence-electron chi connectivity index (χ1n) is 6.53. The normalized spacial score (nSPS) is 12.4. The third kappa shape index (κ3) is 3.35. The predicted molar refractivity (Wildman–Crippen MR) is 76.2 cm³/mol. The molecule has 1 aromatic heterocycles. The fraction of sp³-hybridized carbons (Fsp3) is 0.400. The lowest BCUT2D eigenvalue weighted by Crippen LogP contribution is -2.08. The molecule has 4 heteroatoms. The molecule has 1 unspecified atom stereocenters. The molecule has 0 amide bonds. The van der Waals surface area contributed by atoms with Gasteiger partial charge in [0.1, 0.15) is 5.75 Å². The number of aromatic nitrogens is 2. The first kappa shape index (κ1) is 13.6. The summed E-state index contributed by atoms with van der Waals surface area (Å²) in [6, 6.07) is 8.18. The van der Waals surface area contributed by atoms with Gasteiger partial charge in [-0.2, -0.15) is 5.10 Å². The second-order valence-electron chi connectivity index (χ2n) is 4.86. The SMILES string of the molecule is Cc1cc(C(C)N)ccc1OCCc1ccnn1C. The topological polar surface area (TPSA) is 53.1 Å². The Morgan fingerprint density at radius 2 is 2.16 bits per heavy atom. The molecule has 0 fully saturated rings. The minimum atomic E-state index is 0.0576. The van der Waals surface area contributed by atoms with E-state index in [1.807, 2.05) is 43.8 Å². The van der Waals surface area contributed by atoms with Crippen LogP contribution in [0.5, 0.6) is 5.75 Å². The summed E-state index contributed by atoms with van der Waals surface area (Å²) in [6.45, 7) is 4.68. The minimum Gasteiger partial charge on any atom is -0.493 e. The van der Waals surface area contributed by atoms with Crippen LogP contribution in [0.3, 0.4) is 0 Å². The first-order valence-corrected chi connectivity index (χ1v) is 6.53. The fourth-order valence-corrected chi connectivity index (χ4v) is 2.03. The van der Waals surface area contributed by atoms with Crippen molar-refractivity contribution in [3.8, 4) is 5.75 Å². The number of nitrogens with two attached hydrogens (primary N) is 1. The predicted octanol–water partition coefficient (Wildman–Crippen LogP) is 2.37. The van der Waals surface area contributed by atoms with Crippen molar-refractivity contribution in [3.63, 3.8) is 0 Å². The highest BCUT2D eigenvalue weighted by Crippen LogP contribution is 2.22. The molecule has 0 aliphatic carbocycles. The monoisotopic (exact) mass is 259 g/mol. The van der Waals surface area contributed by atoms with E-state index in [9.17, 15) is 0 Å². The number of hydrogen-bond donors (Lipinski definition) is 1. The van der Waals surface area contributed by atoms with E-state index >= 15 is 0 Å². The summed E-state index contributed by atoms with van der Waals surface area (Å²) in [6.07, 6.45) is 2.66. The Bertz CT molecular complexity index is 546. The molecule has 0 radical (unpaired) electrons. The Hall–Kier alpha value is -1.81. The van der Waals surface area contributed by atoms with E-state index in [0.717, 1.165) is 23.3 Å². The average Bonchev–Trinajstić information content (AvgIpc) is 2.77. The van der Waals surface area contributed by atoms with Crippen LogP contribution >= 0.6 is 0 Å². The zero-order valence-electron chi connectivity index (χ0n) is 11.8. The molecular formula is C15H21N3O. The van der Waals surface area contributed by atoms with E-state index < -0.39 is 0 Å². The molecule has 2 aromatic rings. The van der Waals surface area contributed by atoms with Crippen LogP contribution in [0, 0.1) is 6.92 Å². The Labute approximate surface area is 114 Å². The first-order chi connectivity index (χ1) is 9.08. The lowest BCUT2D eigenvalue weighted by molar-refractivity contribution is 0.316. The van der Waals surface area contributed by atoms with Gasteiger partial charge in [0.2, 0.25) is 0 Å². The number of benzene rings is 1. The zero-order valence-corrected chi connectivity index (χ0v) is 11.8. The van der Waals surface area contributed by atoms with Crippen molar-refractivity contribution in [2.45, 2.75) is 26.3 Å². The van der Waals surface area contributed by atoms with Crippen LogP contribution < -0.4 is 10.5 Å². The van der Waals surface area contributed by atoms with Crippen molar-refractivity contribution >= 4 is 0 Å². The molecule has 0 aliphatic rings. The van der Waals surface area contributed by atoms with Gasteiger partial charge in [-0.15, -0.1) is 0 Å². The molecule has 0 spiro atoms. The smallest absolute Gasteiger partial charge is 0.122 e. The van der Waals surface area contributed by atoms with E-state index in [2.05, 4.69) is 11.2 Å². The average molecular weight is 259 g/mol. The molecule has 1 heterocycles. The van der Waals surface area contributed by atoms with Gasteiger partial charge in [-0.25, -0.2) is 0 Å². The summed E-state index contributed by atoms with van der Waals surface area (Å²) in [4.78, 5) is 0. The molecule has 0 bridgehead atoms. The standard InChI is InChI=1S/C15H21N3O/c1-11-10-13(12(2)16)4-5-15(11)19-9-7-14-6-8-17-18(14)3/h4-6,8,10,12H,7,9,16H2,1-3H3. The zero-order chi connectivity index (χ0) is 13.8. The third-order valence-electron chi connectivity index (χ3n) is 3.26. The molecule has 0 aliphatic heterocycles. The summed E-state index contributed by atoms with van der Waals surface area (Å²) in [5, 5.41) is 4.14. The largest absolute Gasteiger partial charge is 0.493 e. The summed E-state index contributed by atoms with van der Waals surface area (Å²) in [7, 11) is 1.94. The highest BCUT2D eigenvalue weighted by Gasteiger charge is 2.05. The lowest BCUT2D eigenvalue weighted by atomic mass is 10.1. The quantitative estimate of drug-likeness (QED) is 0.897. The molecule has 2 rings (SSSR count). The van der Waals surface area contributed by atoms with E-state index in [1.54, 1.807) is 6.20 Å². The van der Waals surface area contributed by atoms with Gasteiger partial charge in [-0.3, -0.25) is 4.68 Å². The Morgan fingerprint density at radius 1 is 1.37 bits per heavy atom. The van der Waals surface area contributed by atoms with Gasteiger partial charge in [0.25, 0.3) is 0 Å². The second kappa shape index (κ2) is 5.89. The van der Waals surface area contributed by atoms with E-state index in [0.29, 0.717) is 6.61 Å². The van der Waals surface area contributed by atoms with Crippen molar-refractivity contribution in [3.05, 3.63) is 47.3 Å². The van der Waals surface area contributed by atoms with Gasteiger partial charge < -0.3 is 10.5 Å². The van der Waals surface area contributed by atoms with Crippen LogP contribution in [0.4, 0.5) is 0 Å². The summed E-state index contributed by atoms with van der Waals surface area (Å²) >= 11 is 0. The third-order valence-corrected chi connectivity index (χ3v) is 3.26. The van der Waals surface area contributed by atoms with Crippen LogP contribution in [-0.4, -0.2) is 16.4 Å². The van der Waals surface area contributed by atoms with Crippen LogP contribution in [0.25, 0.3) is 0 Å². The van der Waals surface area contributed by atoms with Crippen molar-refractivity contribution in [2.24, 2.45) is 12.8 Å². The molecule has 2 N–H and O–H groups in total. The van der Waals surface area contributed by atoms with E-state index in [-0.39, 0.29) is 6.04 Å². The number of ether oxygens (including phenoxy) is 1. The highest BCUT2D eigenvalue weighted by molar-refractivity contribution is 5.37. The van der Waals surface area contributed by atoms with Crippen LogP contribution in [0.2, 0.25) is 0 Å². The minimum absolute atomic E-state index is 0.0576. The van der Waals surface area contributed by atoms with E-state index in [4.69, 9.17) is 10.5 Å². The number of nitrogens with zero attached hydrogens (tertiary/aromatic N) is 2. The van der Waals surface area contributed by atoms with E-state index in [1.165, 1.54) is 5.69 Å². The maximum Gasteiger partial charge on any atom is 0.122 e. The highest BCUT2D eigenvalue weighted by atomic mass is 16.5. The van der Waals surface area contributed by atoms with Crippen LogP contribution in [0.15, 0.2) is 30.5 Å². The van der Waals surface area contributed by atoms with Crippen LogP contribution in [0.1, 0.15) is 29.8 Å². The van der Waals surface area contributed by atoms with Gasteiger partial charge in [0.05, 0.1) is 6.61 Å². The Balaban J connectivity index is 1.95. The Kier molecular flexibility index (Phi) is 4.22. The summed E-state index contributed by atoms with van der Waals surface area (Å²) < 4.78 is 7.69. The molecule has 1 atom stereocenters. The molecule has 1 aromatic carbocycles. The maximum absolute atomic E-state index is 5.86. The molecule has 4 nitrogen and oxygen atoms in total. The van der Waals surface area contributed by atoms with Crippen molar-refractivity contribution in [1.82, 2.24) is 9.78 Å². The summed E-state index contributed by atoms with van der Waals surface area (Å²) in [5.41, 5.74) is 9.29. The van der Waals surface area contributed by atoms with Crippen molar-refractivity contribution < 1.29 is 4.74 Å². The molecule has 0 saturated carbocycles. The van der Waals surface area contributed by atoms with Gasteiger partial charge in [0.15, 0.2) is 0 Å². The van der Waals surface area contributed by atoms with Gasteiger partial charge in [0, 0.05) is 31.4 Å².